The molecule has 0 aliphatic carbocycles. The van der Waals surface area contributed by atoms with Crippen LogP contribution in [0.5, 0.6) is 0 Å². The Balaban J connectivity index is 3.40. The van der Waals surface area contributed by atoms with Crippen LogP contribution in [0.2, 0.25) is 0 Å². The Morgan fingerprint density at radius 1 is 1.36 bits per heavy atom. The number of aliphatic hydroxyl groups excluding tert-OH is 2. The van der Waals surface area contributed by atoms with Crippen LogP contribution < -0.4 is 11.5 Å². The lowest BCUT2D eigenvalue weighted by Gasteiger charge is -2.08. The first-order valence-electron chi connectivity index (χ1n) is 4.90. The molecule has 0 aliphatic rings. The Morgan fingerprint density at radius 2 is 1.93 bits per heavy atom. The van der Waals surface area contributed by atoms with E-state index in [-0.39, 0.29) is 12.8 Å². The van der Waals surface area contributed by atoms with Crippen LogP contribution in [0.4, 0.5) is 0 Å². The first kappa shape index (κ1) is 13.4. The molecule has 0 aliphatic heterocycles. The van der Waals surface area contributed by atoms with E-state index in [0.717, 1.165) is 19.3 Å². The summed E-state index contributed by atoms with van der Waals surface area (Å²) in [5.74, 6) is 0.493. The van der Waals surface area contributed by atoms with Gasteiger partial charge >= 0.3 is 0 Å². The van der Waals surface area contributed by atoms with E-state index in [1.165, 1.54) is 0 Å². The van der Waals surface area contributed by atoms with Crippen molar-refractivity contribution in [1.82, 2.24) is 0 Å². The average Bonchev–Trinajstić information content (AvgIpc) is 2.10. The Morgan fingerprint density at radius 3 is 2.43 bits per heavy atom. The van der Waals surface area contributed by atoms with Gasteiger partial charge in [-0.05, 0) is 26.2 Å². The number of nitrogens with zero attached hydrogens (tertiary/aromatic N) is 1. The zero-order chi connectivity index (χ0) is 11.0. The fourth-order valence-corrected chi connectivity index (χ4v) is 1.15. The second-order valence-corrected chi connectivity index (χ2v) is 3.46. The number of rotatable bonds is 7. The predicted molar refractivity (Wildman–Crippen MR) is 56.8 cm³/mol. The van der Waals surface area contributed by atoms with Gasteiger partial charge in [0.1, 0.15) is 0 Å². The molecule has 2 atom stereocenters. The molecule has 0 saturated heterocycles. The molecule has 0 rings (SSSR count). The zero-order valence-electron chi connectivity index (χ0n) is 8.69. The normalized spacial score (nSPS) is 16.7. The van der Waals surface area contributed by atoms with Crippen LogP contribution in [-0.2, 0) is 0 Å². The standard InChI is InChI=1S/C9H21N3O2/c1-7(10)12-9(11)5-3-2-4-8(14)6-13/h8-9,13-14H,2-6,11H2,1H3,(H2,10,12). The molecule has 0 fully saturated rings. The molecule has 6 N–H and O–H groups in total. The maximum atomic E-state index is 9.04. The molecule has 5 heteroatoms. The van der Waals surface area contributed by atoms with Gasteiger partial charge in [-0.25, -0.2) is 0 Å². The van der Waals surface area contributed by atoms with Crippen LogP contribution in [0.3, 0.4) is 0 Å². The second-order valence-electron chi connectivity index (χ2n) is 3.46. The number of hydrogen-bond donors (Lipinski definition) is 4. The Labute approximate surface area is 84.8 Å². The highest BCUT2D eigenvalue weighted by Gasteiger charge is 2.03. The quantitative estimate of drug-likeness (QED) is 0.256. The van der Waals surface area contributed by atoms with E-state index in [9.17, 15) is 0 Å². The number of amidine groups is 1. The molecular weight excluding hydrogens is 182 g/mol. The molecule has 0 amide bonds. The third-order valence-corrected chi connectivity index (χ3v) is 1.87. The molecule has 0 heterocycles. The minimum atomic E-state index is -0.606. The van der Waals surface area contributed by atoms with Gasteiger partial charge in [-0.2, -0.15) is 0 Å². The van der Waals surface area contributed by atoms with E-state index in [1.807, 2.05) is 0 Å². The van der Waals surface area contributed by atoms with Crippen molar-refractivity contribution in [3.63, 3.8) is 0 Å². The molecule has 0 aromatic heterocycles. The smallest absolute Gasteiger partial charge is 0.0989 e. The Kier molecular flexibility index (Phi) is 7.37. The van der Waals surface area contributed by atoms with Gasteiger partial charge in [-0.15, -0.1) is 0 Å². The number of aliphatic imine (C=N–C) groups is 1. The Bertz CT molecular complexity index is 169. The highest BCUT2D eigenvalue weighted by atomic mass is 16.3. The maximum absolute atomic E-state index is 9.04. The van der Waals surface area contributed by atoms with Gasteiger partial charge in [0.05, 0.1) is 24.7 Å². The Hall–Kier alpha value is -0.650. The van der Waals surface area contributed by atoms with Gasteiger partial charge in [0.15, 0.2) is 0 Å². The summed E-state index contributed by atoms with van der Waals surface area (Å²) < 4.78 is 0. The summed E-state index contributed by atoms with van der Waals surface area (Å²) in [5.41, 5.74) is 11.0. The van der Waals surface area contributed by atoms with Crippen LogP contribution in [0.15, 0.2) is 4.99 Å². The monoisotopic (exact) mass is 203 g/mol. The molecule has 5 nitrogen and oxygen atoms in total. The van der Waals surface area contributed by atoms with Crippen LogP contribution in [0.1, 0.15) is 32.6 Å². The molecule has 2 unspecified atom stereocenters. The molecular formula is C9H21N3O2. The van der Waals surface area contributed by atoms with Crippen molar-refractivity contribution >= 4 is 5.84 Å². The second kappa shape index (κ2) is 7.73. The lowest BCUT2D eigenvalue weighted by Crippen LogP contribution is -2.21. The van der Waals surface area contributed by atoms with Crippen molar-refractivity contribution in [1.29, 1.82) is 0 Å². The molecule has 0 bridgehead atoms. The topological polar surface area (TPSA) is 105 Å². The minimum absolute atomic E-state index is 0.174. The summed E-state index contributed by atoms with van der Waals surface area (Å²) in [5, 5.41) is 17.6. The molecule has 0 aromatic rings. The molecule has 14 heavy (non-hydrogen) atoms. The van der Waals surface area contributed by atoms with Gasteiger partial charge in [-0.1, -0.05) is 6.42 Å². The number of aliphatic hydroxyl groups is 2. The van der Waals surface area contributed by atoms with E-state index in [1.54, 1.807) is 6.92 Å². The number of unbranched alkanes of at least 4 members (excludes halogenated alkanes) is 1. The van der Waals surface area contributed by atoms with Crippen LogP contribution in [0.25, 0.3) is 0 Å². The van der Waals surface area contributed by atoms with Crippen molar-refractivity contribution in [2.75, 3.05) is 6.61 Å². The number of hydrogen-bond acceptors (Lipinski definition) is 4. The van der Waals surface area contributed by atoms with Gasteiger partial charge in [0.25, 0.3) is 0 Å². The average molecular weight is 203 g/mol. The summed E-state index contributed by atoms with van der Waals surface area (Å²) >= 11 is 0. The fourth-order valence-electron chi connectivity index (χ4n) is 1.15. The van der Waals surface area contributed by atoms with E-state index in [4.69, 9.17) is 21.7 Å². The van der Waals surface area contributed by atoms with Crippen LogP contribution in [0, 0.1) is 0 Å². The lowest BCUT2D eigenvalue weighted by atomic mass is 10.1. The third kappa shape index (κ3) is 7.97. The summed E-state index contributed by atoms with van der Waals surface area (Å²) in [6, 6.07) is 0. The van der Waals surface area contributed by atoms with Crippen molar-refractivity contribution < 1.29 is 10.2 Å². The highest BCUT2D eigenvalue weighted by molar-refractivity contribution is 5.77. The predicted octanol–water partition coefficient (Wildman–Crippen LogP) is -0.438. The molecule has 0 saturated carbocycles. The lowest BCUT2D eigenvalue weighted by molar-refractivity contribution is 0.0859. The van der Waals surface area contributed by atoms with Crippen molar-refractivity contribution in [3.05, 3.63) is 0 Å². The van der Waals surface area contributed by atoms with Crippen molar-refractivity contribution in [2.24, 2.45) is 16.5 Å². The van der Waals surface area contributed by atoms with Gasteiger partial charge in [0, 0.05) is 0 Å². The van der Waals surface area contributed by atoms with Crippen LogP contribution in [-0.4, -0.2) is 34.9 Å². The SMILES string of the molecule is CC(N)=NC(N)CCCCC(O)CO. The summed E-state index contributed by atoms with van der Waals surface area (Å²) in [7, 11) is 0. The maximum Gasteiger partial charge on any atom is 0.0989 e. The minimum Gasteiger partial charge on any atom is -0.394 e. The van der Waals surface area contributed by atoms with Gasteiger partial charge in [0.2, 0.25) is 0 Å². The number of nitrogens with two attached hydrogens (primary N) is 2. The molecule has 0 spiro atoms. The van der Waals surface area contributed by atoms with Crippen molar-refractivity contribution in [3.8, 4) is 0 Å². The largest absolute Gasteiger partial charge is 0.394 e. The van der Waals surface area contributed by atoms with Gasteiger partial charge < -0.3 is 21.7 Å². The third-order valence-electron chi connectivity index (χ3n) is 1.87. The summed E-state index contributed by atoms with van der Waals surface area (Å²) in [4.78, 5) is 3.97. The fraction of sp³-hybridized carbons (Fsp3) is 0.889. The first-order chi connectivity index (χ1) is 6.56. The summed E-state index contributed by atoms with van der Waals surface area (Å²) in [6.07, 6.45) is 2.24. The zero-order valence-corrected chi connectivity index (χ0v) is 8.69. The van der Waals surface area contributed by atoms with E-state index >= 15 is 0 Å². The molecule has 84 valence electrons. The van der Waals surface area contributed by atoms with Crippen LogP contribution >= 0.6 is 0 Å². The van der Waals surface area contributed by atoms with Crippen molar-refractivity contribution in [2.45, 2.75) is 44.9 Å². The van der Waals surface area contributed by atoms with E-state index in [0.29, 0.717) is 12.3 Å². The van der Waals surface area contributed by atoms with E-state index < -0.39 is 6.10 Å². The highest BCUT2D eigenvalue weighted by Crippen LogP contribution is 2.05. The molecule has 0 aromatic carbocycles. The summed E-state index contributed by atoms with van der Waals surface area (Å²) in [6.45, 7) is 1.53. The first-order valence-corrected chi connectivity index (χ1v) is 4.90. The van der Waals surface area contributed by atoms with E-state index in [2.05, 4.69) is 4.99 Å². The van der Waals surface area contributed by atoms with Gasteiger partial charge in [-0.3, -0.25) is 4.99 Å². The molecule has 0 radical (unpaired) electrons.